The summed E-state index contributed by atoms with van der Waals surface area (Å²) in [5, 5.41) is 4.75. The zero-order valence-corrected chi connectivity index (χ0v) is 21.8. The van der Waals surface area contributed by atoms with Crippen LogP contribution in [0.25, 0.3) is 0 Å². The van der Waals surface area contributed by atoms with Crippen molar-refractivity contribution in [1.82, 2.24) is 5.43 Å². The van der Waals surface area contributed by atoms with Gasteiger partial charge in [0.2, 0.25) is 0 Å². The first-order valence-corrected chi connectivity index (χ1v) is 12.3. The van der Waals surface area contributed by atoms with E-state index in [1.165, 1.54) is 11.8 Å². The van der Waals surface area contributed by atoms with Crippen LogP contribution < -0.4 is 14.9 Å². The Bertz CT molecular complexity index is 1150. The number of hydrogen-bond donors (Lipinski definition) is 1. The van der Waals surface area contributed by atoms with Crippen molar-refractivity contribution in [3.05, 3.63) is 86.3 Å². The van der Waals surface area contributed by atoms with Crippen molar-refractivity contribution >= 4 is 63.0 Å². The lowest BCUT2D eigenvalue weighted by Crippen LogP contribution is -2.26. The average Bonchev–Trinajstić information content (AvgIpc) is 2.80. The molecule has 0 heterocycles. The van der Waals surface area contributed by atoms with Gasteiger partial charge in [0.05, 0.1) is 33.1 Å². The van der Waals surface area contributed by atoms with Crippen LogP contribution in [-0.2, 0) is 11.4 Å². The number of nitrogens with zero attached hydrogens (tertiary/aromatic N) is 1. The number of carbonyl (C=O) groups is 1. The van der Waals surface area contributed by atoms with Crippen LogP contribution in [0.3, 0.4) is 0 Å². The number of carbonyl (C=O) groups excluding carboxylic acids is 1. The molecular weight excluding hydrogens is 547 g/mol. The first-order chi connectivity index (χ1) is 15.9. The largest absolute Gasteiger partial charge is 0.493 e. The lowest BCUT2D eigenvalue weighted by Gasteiger charge is -2.14. The van der Waals surface area contributed by atoms with E-state index in [-0.39, 0.29) is 17.8 Å². The number of nitrogens with one attached hydrogen (secondary N) is 1. The van der Waals surface area contributed by atoms with Gasteiger partial charge in [0.25, 0.3) is 5.91 Å². The number of hydrazone groups is 1. The molecule has 0 aromatic heterocycles. The topological polar surface area (TPSA) is 59.9 Å². The van der Waals surface area contributed by atoms with Crippen LogP contribution in [0.4, 0.5) is 0 Å². The van der Waals surface area contributed by atoms with Crippen molar-refractivity contribution in [2.45, 2.75) is 23.7 Å². The summed E-state index contributed by atoms with van der Waals surface area (Å²) in [6, 6.07) is 18.7. The summed E-state index contributed by atoms with van der Waals surface area (Å²) in [5.41, 5.74) is 4.17. The molecule has 3 aromatic rings. The number of halogens is 3. The van der Waals surface area contributed by atoms with Crippen LogP contribution in [0, 0.1) is 0 Å². The van der Waals surface area contributed by atoms with E-state index in [1.54, 1.807) is 31.5 Å². The van der Waals surface area contributed by atoms with E-state index >= 15 is 0 Å². The molecule has 172 valence electrons. The van der Waals surface area contributed by atoms with Crippen molar-refractivity contribution in [1.29, 1.82) is 0 Å². The van der Waals surface area contributed by atoms with Gasteiger partial charge >= 0.3 is 0 Å². The third-order valence-electron chi connectivity index (χ3n) is 4.43. The Balaban J connectivity index is 1.62. The van der Waals surface area contributed by atoms with Gasteiger partial charge in [-0.2, -0.15) is 5.10 Å². The van der Waals surface area contributed by atoms with Gasteiger partial charge in [-0.1, -0.05) is 47.5 Å². The van der Waals surface area contributed by atoms with E-state index in [4.69, 9.17) is 32.7 Å². The molecule has 0 bridgehead atoms. The molecule has 3 rings (SSSR count). The molecule has 0 saturated carbocycles. The number of thioether (sulfide) groups is 1. The average molecular weight is 568 g/mol. The molecule has 1 N–H and O–H groups in total. The molecule has 1 atom stereocenters. The smallest absolute Gasteiger partial charge is 0.253 e. The number of amides is 1. The van der Waals surface area contributed by atoms with E-state index < -0.39 is 0 Å². The molecular formula is C24H21BrCl2N2O3S. The predicted octanol–water partition coefficient (Wildman–Crippen LogP) is 6.97. The minimum Gasteiger partial charge on any atom is -0.493 e. The molecule has 0 aliphatic rings. The van der Waals surface area contributed by atoms with Gasteiger partial charge in [0.15, 0.2) is 11.5 Å². The Morgan fingerprint density at radius 3 is 2.61 bits per heavy atom. The molecule has 1 amide bonds. The molecule has 5 nitrogen and oxygen atoms in total. The van der Waals surface area contributed by atoms with Gasteiger partial charge in [-0.15, -0.1) is 11.8 Å². The highest BCUT2D eigenvalue weighted by molar-refractivity contribution is 9.10. The van der Waals surface area contributed by atoms with Crippen molar-refractivity contribution in [2.24, 2.45) is 5.10 Å². The fourth-order valence-corrected chi connectivity index (χ4v) is 4.53. The molecule has 0 spiro atoms. The van der Waals surface area contributed by atoms with Crippen LogP contribution in [0.1, 0.15) is 18.1 Å². The monoisotopic (exact) mass is 566 g/mol. The summed E-state index contributed by atoms with van der Waals surface area (Å²) >= 11 is 17.0. The van der Waals surface area contributed by atoms with E-state index in [9.17, 15) is 4.79 Å². The third kappa shape index (κ3) is 7.40. The fraction of sp³-hybridized carbons (Fsp3) is 0.167. The standard InChI is InChI=1S/C24H21BrCl2N2O3S/c1-15(33-18-6-4-3-5-7-18)24(30)29-28-13-17-10-19(25)23(22(12-17)31-2)32-14-16-8-9-20(26)21(27)11-16/h3-13,15H,14H2,1-2H3,(H,29,30)/b28-13-/t15-/m1/s1. The highest BCUT2D eigenvalue weighted by atomic mass is 79.9. The highest BCUT2D eigenvalue weighted by Crippen LogP contribution is 2.37. The maximum absolute atomic E-state index is 12.3. The second-order valence-corrected chi connectivity index (χ2v) is 9.96. The maximum atomic E-state index is 12.3. The number of hydrogen-bond acceptors (Lipinski definition) is 5. The summed E-state index contributed by atoms with van der Waals surface area (Å²) < 4.78 is 12.1. The minimum atomic E-state index is -0.289. The first-order valence-electron chi connectivity index (χ1n) is 9.86. The number of ether oxygens (including phenoxy) is 2. The quantitative estimate of drug-likeness (QED) is 0.172. The highest BCUT2D eigenvalue weighted by Gasteiger charge is 2.14. The summed E-state index contributed by atoms with van der Waals surface area (Å²) in [6.45, 7) is 2.12. The normalized spacial score (nSPS) is 11.9. The van der Waals surface area contributed by atoms with Crippen LogP contribution in [-0.4, -0.2) is 24.5 Å². The molecule has 3 aromatic carbocycles. The summed E-state index contributed by atoms with van der Waals surface area (Å²) in [5.74, 6) is 0.871. The Morgan fingerprint density at radius 2 is 1.91 bits per heavy atom. The Labute approximate surface area is 215 Å². The first kappa shape index (κ1) is 25.4. The number of rotatable bonds is 9. The summed E-state index contributed by atoms with van der Waals surface area (Å²) in [7, 11) is 1.55. The van der Waals surface area contributed by atoms with Crippen LogP contribution in [0.2, 0.25) is 10.0 Å². The van der Waals surface area contributed by atoms with E-state index in [0.29, 0.717) is 26.0 Å². The van der Waals surface area contributed by atoms with Crippen molar-refractivity contribution < 1.29 is 14.3 Å². The van der Waals surface area contributed by atoms with Gasteiger partial charge in [-0.3, -0.25) is 4.79 Å². The van der Waals surface area contributed by atoms with Crippen molar-refractivity contribution in [3.63, 3.8) is 0 Å². The van der Waals surface area contributed by atoms with Crippen LogP contribution in [0.5, 0.6) is 11.5 Å². The maximum Gasteiger partial charge on any atom is 0.253 e. The molecule has 0 unspecified atom stereocenters. The molecule has 0 saturated heterocycles. The molecule has 0 aliphatic carbocycles. The van der Waals surface area contributed by atoms with E-state index in [0.717, 1.165) is 16.0 Å². The van der Waals surface area contributed by atoms with Crippen molar-refractivity contribution in [3.8, 4) is 11.5 Å². The zero-order valence-electron chi connectivity index (χ0n) is 17.8. The lowest BCUT2D eigenvalue weighted by molar-refractivity contribution is -0.120. The molecule has 0 aliphatic heterocycles. The van der Waals surface area contributed by atoms with E-state index in [1.807, 2.05) is 49.4 Å². The fourth-order valence-electron chi connectivity index (χ4n) is 2.76. The molecule has 9 heteroatoms. The summed E-state index contributed by atoms with van der Waals surface area (Å²) in [4.78, 5) is 13.4. The SMILES string of the molecule is COc1cc(/C=N\NC(=O)[C@@H](C)Sc2ccccc2)cc(Br)c1OCc1ccc(Cl)c(Cl)c1. The number of methoxy groups -OCH3 is 1. The molecule has 0 radical (unpaired) electrons. The predicted molar refractivity (Wildman–Crippen MR) is 139 cm³/mol. The van der Waals surface area contributed by atoms with E-state index in [2.05, 4.69) is 26.5 Å². The van der Waals surface area contributed by atoms with Crippen molar-refractivity contribution in [2.75, 3.05) is 7.11 Å². The van der Waals surface area contributed by atoms with Gasteiger partial charge in [0, 0.05) is 4.90 Å². The Morgan fingerprint density at radius 1 is 1.15 bits per heavy atom. The second kappa shape index (κ2) is 12.3. The Hall–Kier alpha value is -2.19. The van der Waals surface area contributed by atoms with Gasteiger partial charge < -0.3 is 9.47 Å². The van der Waals surface area contributed by atoms with Gasteiger partial charge in [-0.25, -0.2) is 5.43 Å². The van der Waals surface area contributed by atoms with Gasteiger partial charge in [0.1, 0.15) is 6.61 Å². The lowest BCUT2D eigenvalue weighted by atomic mass is 10.2. The molecule has 33 heavy (non-hydrogen) atoms. The van der Waals surface area contributed by atoms with Crippen LogP contribution in [0.15, 0.2) is 75.1 Å². The number of benzene rings is 3. The second-order valence-electron chi connectivity index (χ2n) is 6.88. The minimum absolute atomic E-state index is 0.187. The van der Waals surface area contributed by atoms with Crippen LogP contribution >= 0.6 is 50.9 Å². The molecule has 0 fully saturated rings. The Kier molecular flexibility index (Phi) is 9.50. The third-order valence-corrected chi connectivity index (χ3v) is 6.87. The summed E-state index contributed by atoms with van der Waals surface area (Å²) in [6.07, 6.45) is 1.55. The zero-order chi connectivity index (χ0) is 23.8. The van der Waals surface area contributed by atoms with Gasteiger partial charge in [-0.05, 0) is 70.4 Å².